The lowest BCUT2D eigenvalue weighted by Crippen LogP contribution is -2.18. The average Bonchev–Trinajstić information content (AvgIpc) is 2.69. The Hall–Kier alpha value is -3.08. The van der Waals surface area contributed by atoms with Crippen molar-refractivity contribution in [2.75, 3.05) is 17.2 Å². The number of anilines is 2. The Morgan fingerprint density at radius 1 is 1.15 bits per heavy atom. The third-order valence-electron chi connectivity index (χ3n) is 4.40. The number of rotatable bonds is 10. The van der Waals surface area contributed by atoms with Crippen LogP contribution < -0.4 is 16.0 Å². The van der Waals surface area contributed by atoms with Gasteiger partial charge in [0, 0.05) is 35.6 Å². The third-order valence-corrected chi connectivity index (χ3v) is 4.40. The van der Waals surface area contributed by atoms with E-state index < -0.39 is 0 Å². The summed E-state index contributed by atoms with van der Waals surface area (Å²) in [6.07, 6.45) is 2.99. The highest BCUT2D eigenvalue weighted by molar-refractivity contribution is 6.12. The van der Waals surface area contributed by atoms with Gasteiger partial charge in [-0.05, 0) is 31.9 Å². The van der Waals surface area contributed by atoms with Gasteiger partial charge in [0.1, 0.15) is 0 Å². The summed E-state index contributed by atoms with van der Waals surface area (Å²) in [5.41, 5.74) is 5.30. The highest BCUT2D eigenvalue weighted by atomic mass is 16.1. The number of hydrogen-bond donors (Lipinski definition) is 4. The van der Waals surface area contributed by atoms with Gasteiger partial charge in [0.05, 0.1) is 11.4 Å². The van der Waals surface area contributed by atoms with Crippen LogP contribution in [0.15, 0.2) is 54.2 Å². The van der Waals surface area contributed by atoms with Crippen LogP contribution in [0.4, 0.5) is 11.4 Å². The van der Waals surface area contributed by atoms with Gasteiger partial charge in [-0.2, -0.15) is 0 Å². The molecule has 2 rings (SSSR count). The predicted octanol–water partition coefficient (Wildman–Crippen LogP) is 4.81. The highest BCUT2D eigenvalue weighted by Crippen LogP contribution is 2.32. The first-order chi connectivity index (χ1) is 13.1. The van der Waals surface area contributed by atoms with E-state index >= 15 is 0 Å². The van der Waals surface area contributed by atoms with Crippen molar-refractivity contribution < 1.29 is 4.79 Å². The first-order valence-corrected chi connectivity index (χ1v) is 9.22. The molecule has 0 aromatic heterocycles. The van der Waals surface area contributed by atoms with Crippen molar-refractivity contribution in [3.63, 3.8) is 0 Å². The Balaban J connectivity index is 2.42. The summed E-state index contributed by atoms with van der Waals surface area (Å²) in [7, 11) is 0. The summed E-state index contributed by atoms with van der Waals surface area (Å²) in [5.74, 6) is 0. The Morgan fingerprint density at radius 3 is 2.52 bits per heavy atom. The molecule has 0 spiro atoms. The third kappa shape index (κ3) is 5.20. The van der Waals surface area contributed by atoms with Gasteiger partial charge in [-0.3, -0.25) is 4.79 Å². The van der Waals surface area contributed by atoms with Crippen LogP contribution in [0.25, 0.3) is 5.57 Å². The molecule has 0 aliphatic rings. The van der Waals surface area contributed by atoms with E-state index in [1.165, 1.54) is 11.8 Å². The van der Waals surface area contributed by atoms with Crippen LogP contribution in [0, 0.1) is 5.41 Å². The predicted molar refractivity (Wildman–Crippen MR) is 114 cm³/mol. The van der Waals surface area contributed by atoms with E-state index in [4.69, 9.17) is 5.41 Å². The van der Waals surface area contributed by atoms with Crippen molar-refractivity contribution in [3.05, 3.63) is 65.4 Å². The topological polar surface area (TPSA) is 77.0 Å². The van der Waals surface area contributed by atoms with Gasteiger partial charge in [0.25, 0.3) is 0 Å². The van der Waals surface area contributed by atoms with Gasteiger partial charge < -0.3 is 21.4 Å². The van der Waals surface area contributed by atoms with E-state index in [-0.39, 0.29) is 6.04 Å². The van der Waals surface area contributed by atoms with Gasteiger partial charge in [-0.15, -0.1) is 0 Å². The second-order valence-corrected chi connectivity index (χ2v) is 6.38. The molecule has 0 bridgehead atoms. The van der Waals surface area contributed by atoms with Gasteiger partial charge in [-0.1, -0.05) is 49.4 Å². The SMILES string of the molecule is CCCNc1c(NC=O)cccc1/C(C=N)=C(\C)NC(C)c1ccccc1. The lowest BCUT2D eigenvalue weighted by molar-refractivity contribution is -0.105. The van der Waals surface area contributed by atoms with Gasteiger partial charge >= 0.3 is 0 Å². The van der Waals surface area contributed by atoms with Crippen LogP contribution in [0.1, 0.15) is 44.4 Å². The number of carbonyl (C=O) groups is 1. The van der Waals surface area contributed by atoms with Crippen molar-refractivity contribution in [2.24, 2.45) is 0 Å². The number of nitrogens with one attached hydrogen (secondary N) is 4. The lowest BCUT2D eigenvalue weighted by Gasteiger charge is -2.21. The van der Waals surface area contributed by atoms with Gasteiger partial charge in [0.15, 0.2) is 0 Å². The maximum absolute atomic E-state index is 11.0. The fourth-order valence-electron chi connectivity index (χ4n) is 3.02. The fourth-order valence-corrected chi connectivity index (χ4v) is 3.02. The smallest absolute Gasteiger partial charge is 0.211 e. The molecule has 5 heteroatoms. The van der Waals surface area contributed by atoms with E-state index in [9.17, 15) is 4.79 Å². The zero-order valence-corrected chi connectivity index (χ0v) is 16.2. The molecule has 5 nitrogen and oxygen atoms in total. The minimum absolute atomic E-state index is 0.115. The molecule has 4 N–H and O–H groups in total. The largest absolute Gasteiger partial charge is 0.383 e. The number of hydrogen-bond acceptors (Lipinski definition) is 4. The number of allylic oxidation sites excluding steroid dienone is 2. The summed E-state index contributed by atoms with van der Waals surface area (Å²) in [6, 6.07) is 16.0. The zero-order valence-electron chi connectivity index (χ0n) is 16.2. The molecule has 0 saturated carbocycles. The zero-order chi connectivity index (χ0) is 19.6. The molecule has 2 aromatic carbocycles. The quantitative estimate of drug-likeness (QED) is 0.361. The van der Waals surface area contributed by atoms with Crippen molar-refractivity contribution in [3.8, 4) is 0 Å². The number of para-hydroxylation sites is 1. The van der Waals surface area contributed by atoms with Crippen LogP contribution in [0.3, 0.4) is 0 Å². The van der Waals surface area contributed by atoms with Crippen LogP contribution in [-0.2, 0) is 4.79 Å². The second kappa shape index (κ2) is 10.2. The maximum Gasteiger partial charge on any atom is 0.211 e. The van der Waals surface area contributed by atoms with Crippen LogP contribution >= 0.6 is 0 Å². The molecular weight excluding hydrogens is 336 g/mol. The summed E-state index contributed by atoms with van der Waals surface area (Å²) in [6.45, 7) is 6.94. The molecule has 2 aromatic rings. The monoisotopic (exact) mass is 364 g/mol. The van der Waals surface area contributed by atoms with Crippen molar-refractivity contribution in [1.82, 2.24) is 5.32 Å². The normalized spacial score (nSPS) is 12.6. The average molecular weight is 364 g/mol. The minimum atomic E-state index is 0.115. The fraction of sp³-hybridized carbons (Fsp3) is 0.273. The Kier molecular flexibility index (Phi) is 7.62. The van der Waals surface area contributed by atoms with Crippen molar-refractivity contribution >= 4 is 29.6 Å². The summed E-state index contributed by atoms with van der Waals surface area (Å²) >= 11 is 0. The molecule has 0 fully saturated rings. The van der Waals surface area contributed by atoms with E-state index in [0.29, 0.717) is 12.1 Å². The van der Waals surface area contributed by atoms with Crippen molar-refractivity contribution in [1.29, 1.82) is 5.41 Å². The first kappa shape index (κ1) is 20.2. The molecule has 27 heavy (non-hydrogen) atoms. The molecule has 0 aliphatic carbocycles. The summed E-state index contributed by atoms with van der Waals surface area (Å²) in [5, 5.41) is 17.6. The number of amides is 1. The lowest BCUT2D eigenvalue weighted by atomic mass is 10.00. The molecule has 1 unspecified atom stereocenters. The van der Waals surface area contributed by atoms with E-state index in [1.807, 2.05) is 43.3 Å². The molecule has 1 amide bonds. The van der Waals surface area contributed by atoms with E-state index in [1.54, 1.807) is 0 Å². The highest BCUT2D eigenvalue weighted by Gasteiger charge is 2.14. The van der Waals surface area contributed by atoms with E-state index in [2.05, 4.69) is 41.9 Å². The van der Waals surface area contributed by atoms with Crippen molar-refractivity contribution in [2.45, 2.75) is 33.2 Å². The molecule has 0 aliphatic heterocycles. The van der Waals surface area contributed by atoms with Gasteiger partial charge in [-0.25, -0.2) is 0 Å². The minimum Gasteiger partial charge on any atom is -0.383 e. The molecule has 1 atom stereocenters. The maximum atomic E-state index is 11.0. The summed E-state index contributed by atoms with van der Waals surface area (Å²) in [4.78, 5) is 11.0. The van der Waals surface area contributed by atoms with Crippen LogP contribution in [0.5, 0.6) is 0 Å². The number of benzene rings is 2. The molecule has 0 radical (unpaired) electrons. The van der Waals surface area contributed by atoms with Crippen LogP contribution in [-0.4, -0.2) is 19.2 Å². The summed E-state index contributed by atoms with van der Waals surface area (Å²) < 4.78 is 0. The molecule has 0 saturated heterocycles. The molecule has 142 valence electrons. The van der Waals surface area contributed by atoms with Gasteiger partial charge in [0.2, 0.25) is 6.41 Å². The Labute approximate surface area is 161 Å². The number of carbonyl (C=O) groups excluding carboxylic acids is 1. The van der Waals surface area contributed by atoms with Crippen LogP contribution in [0.2, 0.25) is 0 Å². The Morgan fingerprint density at radius 2 is 1.89 bits per heavy atom. The first-order valence-electron chi connectivity index (χ1n) is 9.22. The van der Waals surface area contributed by atoms with E-state index in [0.717, 1.165) is 35.5 Å². The molecular formula is C22H28N4O. The second-order valence-electron chi connectivity index (χ2n) is 6.38. The standard InChI is InChI=1S/C22H28N4O/c1-4-13-24-22-19(11-8-12-21(22)25-15-27)20(14-23)17(3)26-16(2)18-9-6-5-7-10-18/h5-12,14-16,23-24,26H,4,13H2,1-3H3,(H,25,27)/b20-17+,23-14?. The Bertz CT molecular complexity index is 799. The molecule has 0 heterocycles.